The molecule has 0 aliphatic rings. The van der Waals surface area contributed by atoms with Crippen molar-refractivity contribution < 1.29 is 0 Å². The highest BCUT2D eigenvalue weighted by Crippen LogP contribution is 2.28. The number of aromatic nitrogens is 6. The Morgan fingerprint density at radius 2 is 2.16 bits per heavy atom. The van der Waals surface area contributed by atoms with Crippen molar-refractivity contribution in [1.82, 2.24) is 29.9 Å². The van der Waals surface area contributed by atoms with Gasteiger partial charge < -0.3 is 10.7 Å². The van der Waals surface area contributed by atoms with Gasteiger partial charge in [0.2, 0.25) is 0 Å². The van der Waals surface area contributed by atoms with E-state index in [2.05, 4.69) is 29.9 Å². The maximum Gasteiger partial charge on any atom is 0.181 e. The van der Waals surface area contributed by atoms with Crippen LogP contribution < -0.4 is 5.73 Å². The smallest absolute Gasteiger partial charge is 0.181 e. The monoisotopic (exact) mass is 273 g/mol. The van der Waals surface area contributed by atoms with E-state index in [1.807, 2.05) is 6.92 Å². The summed E-state index contributed by atoms with van der Waals surface area (Å²) < 4.78 is 0. The average molecular weight is 273 g/mol. The van der Waals surface area contributed by atoms with E-state index >= 15 is 0 Å². The van der Waals surface area contributed by atoms with Crippen LogP contribution in [-0.4, -0.2) is 29.9 Å². The molecule has 0 radical (unpaired) electrons. The number of aryl methyl sites for hydroxylation is 1. The number of hydrogen-bond acceptors (Lipinski definition) is 7. The van der Waals surface area contributed by atoms with Crippen LogP contribution in [0.3, 0.4) is 0 Å². The molecule has 3 rings (SSSR count). The lowest BCUT2D eigenvalue weighted by molar-refractivity contribution is 0.893. The number of imidazole rings is 1. The summed E-state index contributed by atoms with van der Waals surface area (Å²) in [6, 6.07) is 1.73. The van der Waals surface area contributed by atoms with Crippen molar-refractivity contribution in [3.63, 3.8) is 0 Å². The number of rotatable bonds is 3. The van der Waals surface area contributed by atoms with Crippen LogP contribution in [0.1, 0.15) is 12.7 Å². The van der Waals surface area contributed by atoms with E-state index in [1.54, 1.807) is 12.4 Å². The van der Waals surface area contributed by atoms with Gasteiger partial charge in [0.1, 0.15) is 33.5 Å². The second kappa shape index (κ2) is 4.81. The van der Waals surface area contributed by atoms with Crippen LogP contribution in [0.25, 0.3) is 11.2 Å². The molecule has 3 aromatic rings. The van der Waals surface area contributed by atoms with Crippen LogP contribution in [-0.2, 0) is 6.42 Å². The zero-order chi connectivity index (χ0) is 13.2. The molecule has 0 unspecified atom stereocenters. The first kappa shape index (κ1) is 11.8. The molecule has 0 fully saturated rings. The first-order valence-corrected chi connectivity index (χ1v) is 6.53. The van der Waals surface area contributed by atoms with Gasteiger partial charge in [0.05, 0.1) is 6.33 Å². The summed E-state index contributed by atoms with van der Waals surface area (Å²) in [5.41, 5.74) is 7.19. The molecule has 0 spiro atoms. The van der Waals surface area contributed by atoms with E-state index in [0.717, 1.165) is 27.8 Å². The second-order valence-electron chi connectivity index (χ2n) is 3.78. The normalized spacial score (nSPS) is 11.0. The third-order valence-corrected chi connectivity index (χ3v) is 3.40. The molecule has 7 nitrogen and oxygen atoms in total. The largest absolute Gasteiger partial charge is 0.384 e. The maximum absolute atomic E-state index is 5.76. The van der Waals surface area contributed by atoms with Gasteiger partial charge in [-0.15, -0.1) is 0 Å². The molecular formula is C11H11N7S. The lowest BCUT2D eigenvalue weighted by atomic mass is 10.4. The Labute approximate surface area is 113 Å². The fourth-order valence-electron chi connectivity index (χ4n) is 1.62. The van der Waals surface area contributed by atoms with Crippen molar-refractivity contribution in [2.45, 2.75) is 23.4 Å². The molecule has 0 saturated carbocycles. The van der Waals surface area contributed by atoms with Crippen molar-refractivity contribution in [2.75, 3.05) is 5.73 Å². The number of fused-ring (bicyclic) bond motifs is 1. The lowest BCUT2D eigenvalue weighted by Crippen LogP contribution is -1.99. The Balaban J connectivity index is 2.01. The van der Waals surface area contributed by atoms with Crippen LogP contribution in [0.5, 0.6) is 0 Å². The average Bonchev–Trinajstić information content (AvgIpc) is 2.87. The van der Waals surface area contributed by atoms with Crippen LogP contribution in [0.4, 0.5) is 5.82 Å². The summed E-state index contributed by atoms with van der Waals surface area (Å²) >= 11 is 1.41. The summed E-state index contributed by atoms with van der Waals surface area (Å²) in [7, 11) is 0. The third kappa shape index (κ3) is 2.34. The quantitative estimate of drug-likeness (QED) is 0.695. The van der Waals surface area contributed by atoms with Gasteiger partial charge in [0, 0.05) is 12.5 Å². The van der Waals surface area contributed by atoms with Gasteiger partial charge in [0.15, 0.2) is 5.65 Å². The van der Waals surface area contributed by atoms with Crippen molar-refractivity contribution >= 4 is 28.7 Å². The number of nitrogen functional groups attached to an aromatic ring is 1. The van der Waals surface area contributed by atoms with Crippen LogP contribution in [0.15, 0.2) is 28.8 Å². The van der Waals surface area contributed by atoms with Crippen molar-refractivity contribution in [3.8, 4) is 0 Å². The van der Waals surface area contributed by atoms with Gasteiger partial charge in [-0.25, -0.2) is 24.9 Å². The molecule has 0 atom stereocenters. The first-order chi connectivity index (χ1) is 9.26. The molecule has 3 N–H and O–H groups in total. The summed E-state index contributed by atoms with van der Waals surface area (Å²) in [6.45, 7) is 1.99. The SMILES string of the molecule is CCc1nc(N)cc(Sc2ncnc3nc[nH]c23)n1. The van der Waals surface area contributed by atoms with Gasteiger partial charge in [-0.3, -0.25) is 0 Å². The Morgan fingerprint density at radius 3 is 3.00 bits per heavy atom. The zero-order valence-corrected chi connectivity index (χ0v) is 11.0. The number of nitrogens with zero attached hydrogens (tertiary/aromatic N) is 5. The molecule has 0 aliphatic carbocycles. The van der Waals surface area contributed by atoms with E-state index in [4.69, 9.17) is 5.73 Å². The van der Waals surface area contributed by atoms with Crippen LogP contribution >= 0.6 is 11.8 Å². The van der Waals surface area contributed by atoms with E-state index in [9.17, 15) is 0 Å². The molecule has 96 valence electrons. The fraction of sp³-hybridized carbons (Fsp3) is 0.182. The highest BCUT2D eigenvalue weighted by molar-refractivity contribution is 7.99. The Hall–Kier alpha value is -2.22. The number of hydrogen-bond donors (Lipinski definition) is 2. The maximum atomic E-state index is 5.76. The summed E-state index contributed by atoms with van der Waals surface area (Å²) in [4.78, 5) is 24.0. The molecule has 0 saturated heterocycles. The molecule has 0 bridgehead atoms. The number of H-pyrrole nitrogens is 1. The van der Waals surface area contributed by atoms with Gasteiger partial charge in [-0.2, -0.15) is 0 Å². The number of nitrogens with one attached hydrogen (secondary N) is 1. The number of aromatic amines is 1. The molecular weight excluding hydrogens is 262 g/mol. The molecule has 19 heavy (non-hydrogen) atoms. The predicted molar refractivity (Wildman–Crippen MR) is 71.6 cm³/mol. The van der Waals surface area contributed by atoms with E-state index in [-0.39, 0.29) is 0 Å². The fourth-order valence-corrected chi connectivity index (χ4v) is 2.50. The Bertz CT molecular complexity index is 724. The minimum Gasteiger partial charge on any atom is -0.384 e. The Morgan fingerprint density at radius 1 is 1.26 bits per heavy atom. The highest BCUT2D eigenvalue weighted by atomic mass is 32.2. The molecule has 3 aromatic heterocycles. The minimum absolute atomic E-state index is 0.462. The lowest BCUT2D eigenvalue weighted by Gasteiger charge is -2.04. The van der Waals surface area contributed by atoms with Crippen LogP contribution in [0, 0.1) is 0 Å². The van der Waals surface area contributed by atoms with Gasteiger partial charge in [-0.1, -0.05) is 6.92 Å². The zero-order valence-electron chi connectivity index (χ0n) is 10.2. The molecule has 8 heteroatoms. The van der Waals surface area contributed by atoms with Gasteiger partial charge in [-0.05, 0) is 11.8 Å². The highest BCUT2D eigenvalue weighted by Gasteiger charge is 2.10. The van der Waals surface area contributed by atoms with Crippen molar-refractivity contribution in [1.29, 1.82) is 0 Å². The summed E-state index contributed by atoms with van der Waals surface area (Å²) in [6.07, 6.45) is 3.81. The molecule has 3 heterocycles. The number of anilines is 1. The third-order valence-electron chi connectivity index (χ3n) is 2.47. The predicted octanol–water partition coefficient (Wildman–Crippen LogP) is 1.44. The molecule has 0 aromatic carbocycles. The van der Waals surface area contributed by atoms with Crippen molar-refractivity contribution in [2.24, 2.45) is 0 Å². The van der Waals surface area contributed by atoms with Crippen LogP contribution in [0.2, 0.25) is 0 Å². The van der Waals surface area contributed by atoms with E-state index < -0.39 is 0 Å². The van der Waals surface area contributed by atoms with Crippen molar-refractivity contribution in [3.05, 3.63) is 24.5 Å². The number of nitrogens with two attached hydrogens (primary N) is 1. The summed E-state index contributed by atoms with van der Waals surface area (Å²) in [5, 5.41) is 1.53. The topological polar surface area (TPSA) is 106 Å². The minimum atomic E-state index is 0.462. The van der Waals surface area contributed by atoms with E-state index in [1.165, 1.54) is 18.1 Å². The Kier molecular flexibility index (Phi) is 3.00. The first-order valence-electron chi connectivity index (χ1n) is 5.71. The second-order valence-corrected chi connectivity index (χ2v) is 4.79. The van der Waals surface area contributed by atoms with E-state index in [0.29, 0.717) is 11.5 Å². The molecule has 0 amide bonds. The molecule has 0 aliphatic heterocycles. The van der Waals surface area contributed by atoms with Gasteiger partial charge in [0.25, 0.3) is 0 Å². The standard InChI is InChI=1S/C11H11N7S/c1-2-7-17-6(12)3-8(18-7)19-11-9-10(14-4-13-9)15-5-16-11/h3-5H,2H2,1H3,(H2,12,17,18)(H,13,14,15,16). The summed E-state index contributed by atoms with van der Waals surface area (Å²) in [5.74, 6) is 1.18. The van der Waals surface area contributed by atoms with Gasteiger partial charge >= 0.3 is 0 Å².